The Morgan fingerprint density at radius 3 is 2.82 bits per heavy atom. The van der Waals surface area contributed by atoms with Crippen molar-refractivity contribution in [1.29, 1.82) is 0 Å². The van der Waals surface area contributed by atoms with E-state index in [1.165, 1.54) is 17.7 Å². The number of fused-ring (bicyclic) bond motifs is 1. The van der Waals surface area contributed by atoms with E-state index in [0.29, 0.717) is 23.4 Å². The van der Waals surface area contributed by atoms with Gasteiger partial charge in [-0.1, -0.05) is 0 Å². The Morgan fingerprint density at radius 1 is 1.32 bits per heavy atom. The number of esters is 1. The third-order valence-electron chi connectivity index (χ3n) is 2.97. The van der Waals surface area contributed by atoms with Gasteiger partial charge in [-0.3, -0.25) is 0 Å². The summed E-state index contributed by atoms with van der Waals surface area (Å²) in [7, 11) is 0. The highest BCUT2D eigenvalue weighted by atomic mass is 127. The number of benzene rings is 1. The number of hydrogen-bond donors (Lipinski definition) is 1. The van der Waals surface area contributed by atoms with Crippen LogP contribution >= 0.6 is 33.9 Å². The maximum absolute atomic E-state index is 12.1. The molecule has 3 aromatic rings. The lowest BCUT2D eigenvalue weighted by Gasteiger charge is -2.08. The third-order valence-corrected chi connectivity index (χ3v) is 4.58. The maximum atomic E-state index is 12.1. The summed E-state index contributed by atoms with van der Waals surface area (Å²) < 4.78 is 6.25. The van der Waals surface area contributed by atoms with Gasteiger partial charge in [-0.25, -0.2) is 14.8 Å². The van der Waals surface area contributed by atoms with E-state index in [1.807, 2.05) is 24.3 Å². The van der Waals surface area contributed by atoms with Crippen molar-refractivity contribution in [3.8, 4) is 0 Å². The summed E-state index contributed by atoms with van der Waals surface area (Å²) in [6, 6.07) is 7.93. The Bertz CT molecular complexity index is 817. The van der Waals surface area contributed by atoms with Crippen molar-refractivity contribution in [1.82, 2.24) is 9.97 Å². The molecule has 0 aliphatic carbocycles. The summed E-state index contributed by atoms with van der Waals surface area (Å²) in [6.07, 6.45) is 1.49. The normalized spacial score (nSPS) is 10.6. The number of carbonyl (C=O) groups is 1. The lowest BCUT2D eigenvalue weighted by Crippen LogP contribution is -2.05. The molecule has 0 spiro atoms. The Hall–Kier alpha value is -1.74. The van der Waals surface area contributed by atoms with Crippen molar-refractivity contribution < 1.29 is 9.53 Å². The first-order chi connectivity index (χ1) is 10.7. The zero-order valence-electron chi connectivity index (χ0n) is 11.7. The number of rotatable bonds is 4. The van der Waals surface area contributed by atoms with Gasteiger partial charge in [0, 0.05) is 14.6 Å². The zero-order valence-corrected chi connectivity index (χ0v) is 14.6. The van der Waals surface area contributed by atoms with E-state index in [-0.39, 0.29) is 5.97 Å². The molecule has 0 radical (unpaired) electrons. The van der Waals surface area contributed by atoms with Gasteiger partial charge in [0.2, 0.25) is 0 Å². The molecule has 22 heavy (non-hydrogen) atoms. The molecule has 2 aromatic heterocycles. The molecule has 0 amide bonds. The van der Waals surface area contributed by atoms with Gasteiger partial charge >= 0.3 is 5.97 Å². The first kappa shape index (κ1) is 15.2. The van der Waals surface area contributed by atoms with Crippen LogP contribution in [0.25, 0.3) is 10.2 Å². The second-order valence-electron chi connectivity index (χ2n) is 4.40. The highest BCUT2D eigenvalue weighted by Crippen LogP contribution is 2.31. The average Bonchev–Trinajstić information content (AvgIpc) is 2.95. The Labute approximate surface area is 144 Å². The van der Waals surface area contributed by atoms with E-state index < -0.39 is 0 Å². The van der Waals surface area contributed by atoms with Gasteiger partial charge in [0.1, 0.15) is 17.0 Å². The van der Waals surface area contributed by atoms with Crippen molar-refractivity contribution in [3.05, 3.63) is 45.1 Å². The number of nitrogens with one attached hydrogen (secondary N) is 1. The quantitative estimate of drug-likeness (QED) is 0.501. The minimum absolute atomic E-state index is 0.337. The zero-order chi connectivity index (χ0) is 15.5. The molecule has 3 rings (SSSR count). The molecular weight excluding hydrogens is 413 g/mol. The van der Waals surface area contributed by atoms with Crippen molar-refractivity contribution >= 4 is 61.6 Å². The summed E-state index contributed by atoms with van der Waals surface area (Å²) in [5, 5.41) is 5.70. The smallest absolute Gasteiger partial charge is 0.339 e. The molecule has 7 heteroatoms. The van der Waals surface area contributed by atoms with Gasteiger partial charge < -0.3 is 10.1 Å². The standard InChI is InChI=1S/C15H12IN3O2S/c1-2-21-15(20)11-7-22-14-12(11)13(17-8-18-14)19-10-5-3-9(16)4-6-10/h3-8H,2H2,1H3,(H,17,18,19). The molecule has 112 valence electrons. The molecule has 1 aromatic carbocycles. The lowest BCUT2D eigenvalue weighted by molar-refractivity contribution is 0.0529. The van der Waals surface area contributed by atoms with Crippen molar-refractivity contribution in [2.75, 3.05) is 11.9 Å². The van der Waals surface area contributed by atoms with Crippen molar-refractivity contribution in [2.24, 2.45) is 0 Å². The molecule has 0 bridgehead atoms. The fraction of sp³-hybridized carbons (Fsp3) is 0.133. The van der Waals surface area contributed by atoms with E-state index in [1.54, 1.807) is 12.3 Å². The summed E-state index contributed by atoms with van der Waals surface area (Å²) in [5.74, 6) is 0.254. The van der Waals surface area contributed by atoms with E-state index in [0.717, 1.165) is 14.1 Å². The molecule has 0 atom stereocenters. The Kier molecular flexibility index (Phi) is 4.53. The highest BCUT2D eigenvalue weighted by Gasteiger charge is 2.18. The van der Waals surface area contributed by atoms with Gasteiger partial charge in [-0.2, -0.15) is 0 Å². The molecule has 0 saturated heterocycles. The monoisotopic (exact) mass is 425 g/mol. The Balaban J connectivity index is 2.03. The van der Waals surface area contributed by atoms with E-state index in [2.05, 4.69) is 37.9 Å². The van der Waals surface area contributed by atoms with E-state index in [9.17, 15) is 4.79 Å². The second-order valence-corrected chi connectivity index (χ2v) is 6.51. The number of nitrogens with zero attached hydrogens (tertiary/aromatic N) is 2. The predicted molar refractivity (Wildman–Crippen MR) is 95.8 cm³/mol. The van der Waals surface area contributed by atoms with Crippen LogP contribution in [-0.2, 0) is 4.74 Å². The second kappa shape index (κ2) is 6.57. The third kappa shape index (κ3) is 3.05. The molecule has 5 nitrogen and oxygen atoms in total. The van der Waals surface area contributed by atoms with Crippen LogP contribution in [-0.4, -0.2) is 22.5 Å². The number of hydrogen-bond acceptors (Lipinski definition) is 6. The summed E-state index contributed by atoms with van der Waals surface area (Å²) in [6.45, 7) is 2.12. The molecule has 2 heterocycles. The number of carbonyl (C=O) groups excluding carboxylic acids is 1. The van der Waals surface area contributed by atoms with E-state index in [4.69, 9.17) is 4.74 Å². The fourth-order valence-electron chi connectivity index (χ4n) is 2.00. The summed E-state index contributed by atoms with van der Waals surface area (Å²) in [4.78, 5) is 21.3. The molecule has 0 aliphatic rings. The van der Waals surface area contributed by atoms with Crippen LogP contribution in [0.5, 0.6) is 0 Å². The maximum Gasteiger partial charge on any atom is 0.339 e. The van der Waals surface area contributed by atoms with Crippen molar-refractivity contribution in [2.45, 2.75) is 6.92 Å². The number of halogens is 1. The lowest BCUT2D eigenvalue weighted by atomic mass is 10.2. The van der Waals surface area contributed by atoms with Gasteiger partial charge in [0.15, 0.2) is 0 Å². The number of thiophene rings is 1. The minimum Gasteiger partial charge on any atom is -0.462 e. The fourth-order valence-corrected chi connectivity index (χ4v) is 3.23. The molecular formula is C15H12IN3O2S. The molecule has 0 saturated carbocycles. The first-order valence-corrected chi connectivity index (χ1v) is 8.56. The van der Waals surface area contributed by atoms with Gasteiger partial charge in [0.05, 0.1) is 17.6 Å². The van der Waals surface area contributed by atoms with Crippen LogP contribution in [0.15, 0.2) is 36.0 Å². The first-order valence-electron chi connectivity index (χ1n) is 6.61. The number of ether oxygens (including phenoxy) is 1. The molecule has 0 fully saturated rings. The van der Waals surface area contributed by atoms with Crippen LogP contribution in [0.2, 0.25) is 0 Å². The van der Waals surface area contributed by atoms with Crippen LogP contribution in [0.4, 0.5) is 11.5 Å². The van der Waals surface area contributed by atoms with Crippen LogP contribution < -0.4 is 5.32 Å². The van der Waals surface area contributed by atoms with Crippen LogP contribution in [0.3, 0.4) is 0 Å². The average molecular weight is 425 g/mol. The van der Waals surface area contributed by atoms with Crippen molar-refractivity contribution in [3.63, 3.8) is 0 Å². The minimum atomic E-state index is -0.353. The largest absolute Gasteiger partial charge is 0.462 e. The van der Waals surface area contributed by atoms with Gasteiger partial charge in [-0.05, 0) is 53.8 Å². The number of aromatic nitrogens is 2. The molecule has 0 unspecified atom stereocenters. The van der Waals surface area contributed by atoms with Crippen LogP contribution in [0.1, 0.15) is 17.3 Å². The summed E-state index contributed by atoms with van der Waals surface area (Å²) in [5.41, 5.74) is 1.40. The highest BCUT2D eigenvalue weighted by molar-refractivity contribution is 14.1. The van der Waals surface area contributed by atoms with Gasteiger partial charge in [0.25, 0.3) is 0 Å². The summed E-state index contributed by atoms with van der Waals surface area (Å²) >= 11 is 3.65. The van der Waals surface area contributed by atoms with Gasteiger partial charge in [-0.15, -0.1) is 11.3 Å². The molecule has 0 aliphatic heterocycles. The Morgan fingerprint density at radius 2 is 2.09 bits per heavy atom. The number of anilines is 2. The van der Waals surface area contributed by atoms with Crippen LogP contribution in [0, 0.1) is 3.57 Å². The SMILES string of the molecule is CCOC(=O)c1csc2ncnc(Nc3ccc(I)cc3)c12. The molecule has 1 N–H and O–H groups in total. The van der Waals surface area contributed by atoms with E-state index >= 15 is 0 Å². The predicted octanol–water partition coefficient (Wildman–Crippen LogP) is 4.22. The topological polar surface area (TPSA) is 64.1 Å².